The maximum Gasteiger partial charge on any atom is 1.00 e. The summed E-state index contributed by atoms with van der Waals surface area (Å²) in [5.74, 6) is -0.0216. The number of nitrogens with zero attached hydrogens (tertiary/aromatic N) is 1. The molecule has 0 spiro atoms. The quantitative estimate of drug-likeness (QED) is 0.353. The SMILES string of the molecule is O=C1CCCCCN1CP([O-])[O-].[Na+].[Na+]. The number of carbonyl (C=O) groups excluding carboxylic acids is 1. The molecule has 14 heavy (non-hydrogen) atoms. The van der Waals surface area contributed by atoms with Crippen molar-refractivity contribution < 1.29 is 73.7 Å². The van der Waals surface area contributed by atoms with Gasteiger partial charge in [-0.3, -0.25) is 13.2 Å². The molecule has 0 unspecified atom stereocenters. The van der Waals surface area contributed by atoms with E-state index in [1.165, 1.54) is 4.90 Å². The number of likely N-dealkylation sites (tertiary alicyclic amines) is 1. The molecule has 0 saturated carbocycles. The van der Waals surface area contributed by atoms with Crippen LogP contribution < -0.4 is 68.9 Å². The normalized spacial score (nSPS) is 17.1. The van der Waals surface area contributed by atoms with E-state index in [0.29, 0.717) is 13.0 Å². The smallest absolute Gasteiger partial charge is 0.840 e. The number of rotatable bonds is 2. The number of hydrogen-bond donors (Lipinski definition) is 0. The predicted molar refractivity (Wildman–Crippen MR) is 42.0 cm³/mol. The fourth-order valence-corrected chi connectivity index (χ4v) is 1.91. The summed E-state index contributed by atoms with van der Waals surface area (Å²) < 4.78 is 0. The Morgan fingerprint density at radius 3 is 2.43 bits per heavy atom. The number of carbonyl (C=O) groups is 1. The summed E-state index contributed by atoms with van der Waals surface area (Å²) in [7, 11) is -2.46. The minimum atomic E-state index is -2.46. The third kappa shape index (κ3) is 7.15. The summed E-state index contributed by atoms with van der Waals surface area (Å²) in [5.41, 5.74) is 0. The average Bonchev–Trinajstić information content (AvgIpc) is 2.16. The maximum atomic E-state index is 11.2. The van der Waals surface area contributed by atoms with E-state index >= 15 is 0 Å². The third-order valence-corrected chi connectivity index (χ3v) is 2.53. The molecule has 1 heterocycles. The van der Waals surface area contributed by atoms with Gasteiger partial charge in [-0.25, -0.2) is 0 Å². The molecule has 0 N–H and O–H groups in total. The Morgan fingerprint density at radius 1 is 1.21 bits per heavy atom. The van der Waals surface area contributed by atoms with Gasteiger partial charge in [0.25, 0.3) is 0 Å². The molecular formula is C7H12NNa2O3P. The van der Waals surface area contributed by atoms with Crippen LogP contribution in [-0.4, -0.2) is 23.6 Å². The predicted octanol–water partition coefficient (Wildman–Crippen LogP) is -6.61. The van der Waals surface area contributed by atoms with Crippen LogP contribution in [-0.2, 0) is 4.79 Å². The molecule has 0 aromatic rings. The largest absolute Gasteiger partial charge is 1.00 e. The van der Waals surface area contributed by atoms with Gasteiger partial charge in [-0.05, 0) is 12.8 Å². The van der Waals surface area contributed by atoms with E-state index in [0.717, 1.165) is 19.3 Å². The van der Waals surface area contributed by atoms with Gasteiger partial charge in [-0.15, -0.1) is 0 Å². The van der Waals surface area contributed by atoms with Crippen LogP contribution in [0.1, 0.15) is 25.7 Å². The average molecular weight is 235 g/mol. The molecule has 70 valence electrons. The van der Waals surface area contributed by atoms with Crippen molar-refractivity contribution in [1.82, 2.24) is 4.90 Å². The molecule has 0 aromatic heterocycles. The second-order valence-corrected chi connectivity index (χ2v) is 3.89. The molecule has 1 aliphatic heterocycles. The molecule has 0 bridgehead atoms. The van der Waals surface area contributed by atoms with E-state index < -0.39 is 8.38 Å². The Labute approximate surface area is 130 Å². The van der Waals surface area contributed by atoms with E-state index in [4.69, 9.17) is 0 Å². The third-order valence-electron chi connectivity index (χ3n) is 1.96. The first-order valence-corrected chi connectivity index (χ1v) is 5.46. The molecule has 1 saturated heterocycles. The van der Waals surface area contributed by atoms with Crippen LogP contribution in [0, 0.1) is 0 Å². The Bertz CT molecular complexity index is 171. The van der Waals surface area contributed by atoms with Gasteiger partial charge in [-0.1, -0.05) is 6.42 Å². The summed E-state index contributed by atoms with van der Waals surface area (Å²) in [6.45, 7) is 0.599. The Morgan fingerprint density at radius 2 is 1.86 bits per heavy atom. The van der Waals surface area contributed by atoms with Crippen molar-refractivity contribution in [3.8, 4) is 0 Å². The van der Waals surface area contributed by atoms with Crippen LogP contribution >= 0.6 is 8.38 Å². The summed E-state index contributed by atoms with van der Waals surface area (Å²) in [4.78, 5) is 33.4. The number of hydrogen-bond acceptors (Lipinski definition) is 3. The Hall–Kier alpha value is 1.82. The summed E-state index contributed by atoms with van der Waals surface area (Å²) >= 11 is 0. The van der Waals surface area contributed by atoms with Gasteiger partial charge in [0.2, 0.25) is 5.91 Å². The Kier molecular flexibility index (Phi) is 13.0. The molecular weight excluding hydrogens is 223 g/mol. The molecule has 1 fully saturated rings. The molecule has 0 aliphatic carbocycles. The van der Waals surface area contributed by atoms with Crippen molar-refractivity contribution in [3.63, 3.8) is 0 Å². The standard InChI is InChI=1S/C7H12NO3P.2Na/c9-7-4-2-1-3-5-8(7)6-12(10)11;;/h1-6H2;;/q-2;2*+1. The van der Waals surface area contributed by atoms with Gasteiger partial charge < -0.3 is 14.7 Å². The minimum Gasteiger partial charge on any atom is -0.840 e. The first-order chi connectivity index (χ1) is 5.70. The van der Waals surface area contributed by atoms with Crippen molar-refractivity contribution in [3.05, 3.63) is 0 Å². The van der Waals surface area contributed by atoms with Gasteiger partial charge in [0.05, 0.1) is 0 Å². The monoisotopic (exact) mass is 235 g/mol. The van der Waals surface area contributed by atoms with Crippen molar-refractivity contribution in [2.45, 2.75) is 25.7 Å². The molecule has 0 atom stereocenters. The second kappa shape index (κ2) is 10.0. The Balaban J connectivity index is 0. The zero-order chi connectivity index (χ0) is 8.97. The van der Waals surface area contributed by atoms with Gasteiger partial charge in [0, 0.05) is 19.3 Å². The van der Waals surface area contributed by atoms with E-state index in [2.05, 4.69) is 0 Å². The van der Waals surface area contributed by atoms with E-state index in [1.54, 1.807) is 0 Å². The first kappa shape index (κ1) is 18.2. The van der Waals surface area contributed by atoms with Gasteiger partial charge >= 0.3 is 59.1 Å². The van der Waals surface area contributed by atoms with Crippen molar-refractivity contribution in [2.75, 3.05) is 12.8 Å². The maximum absolute atomic E-state index is 11.2. The molecule has 1 amide bonds. The molecule has 0 radical (unpaired) electrons. The van der Waals surface area contributed by atoms with Gasteiger partial charge in [-0.2, -0.15) is 0 Å². The second-order valence-electron chi connectivity index (χ2n) is 2.94. The summed E-state index contributed by atoms with van der Waals surface area (Å²) in [6.07, 6.45) is 3.25. The molecule has 4 nitrogen and oxygen atoms in total. The zero-order valence-corrected chi connectivity index (χ0v) is 13.8. The van der Waals surface area contributed by atoms with Crippen molar-refractivity contribution >= 4 is 14.3 Å². The fourth-order valence-electron chi connectivity index (χ4n) is 1.33. The van der Waals surface area contributed by atoms with Crippen molar-refractivity contribution in [2.24, 2.45) is 0 Å². The van der Waals surface area contributed by atoms with E-state index in [1.807, 2.05) is 0 Å². The minimum absolute atomic E-state index is 0. The molecule has 0 aromatic carbocycles. The molecule has 1 rings (SSSR count). The fraction of sp³-hybridized carbons (Fsp3) is 0.857. The van der Waals surface area contributed by atoms with Crippen LogP contribution in [0.25, 0.3) is 0 Å². The summed E-state index contributed by atoms with van der Waals surface area (Å²) in [5, 5.41) is 0. The topological polar surface area (TPSA) is 66.4 Å². The van der Waals surface area contributed by atoms with E-state index in [-0.39, 0.29) is 71.3 Å². The first-order valence-electron chi connectivity index (χ1n) is 4.10. The van der Waals surface area contributed by atoms with Gasteiger partial charge in [0.1, 0.15) is 0 Å². The van der Waals surface area contributed by atoms with Crippen LogP contribution in [0.5, 0.6) is 0 Å². The van der Waals surface area contributed by atoms with Gasteiger partial charge in [0.15, 0.2) is 0 Å². The van der Waals surface area contributed by atoms with Crippen LogP contribution in [0.2, 0.25) is 0 Å². The summed E-state index contributed by atoms with van der Waals surface area (Å²) in [6, 6.07) is 0. The molecule has 7 heteroatoms. The molecule has 1 aliphatic rings. The van der Waals surface area contributed by atoms with Crippen LogP contribution in [0.3, 0.4) is 0 Å². The zero-order valence-electron chi connectivity index (χ0n) is 8.86. The van der Waals surface area contributed by atoms with E-state index in [9.17, 15) is 14.6 Å². The van der Waals surface area contributed by atoms with Crippen molar-refractivity contribution in [1.29, 1.82) is 0 Å². The van der Waals surface area contributed by atoms with Crippen LogP contribution in [0.4, 0.5) is 0 Å². The van der Waals surface area contributed by atoms with Crippen LogP contribution in [0.15, 0.2) is 0 Å². The number of amides is 1.